The predicted octanol–water partition coefficient (Wildman–Crippen LogP) is 1.99. The van der Waals surface area contributed by atoms with Crippen molar-refractivity contribution in [3.8, 4) is 0 Å². The molecular formula is C12H17N3. The first-order valence-corrected chi connectivity index (χ1v) is 5.36. The smallest absolute Gasteiger partial charge is 0.113 e. The van der Waals surface area contributed by atoms with Gasteiger partial charge in [0.05, 0.1) is 11.7 Å². The van der Waals surface area contributed by atoms with E-state index >= 15 is 0 Å². The first-order chi connectivity index (χ1) is 7.22. The lowest BCUT2D eigenvalue weighted by Crippen LogP contribution is -2.08. The van der Waals surface area contributed by atoms with Crippen LogP contribution in [0.4, 0.5) is 0 Å². The van der Waals surface area contributed by atoms with E-state index in [0.29, 0.717) is 12.5 Å². The Bertz CT molecular complexity index is 457. The molecule has 0 radical (unpaired) electrons. The van der Waals surface area contributed by atoms with Gasteiger partial charge in [0.1, 0.15) is 5.82 Å². The molecule has 0 saturated heterocycles. The average Bonchev–Trinajstić information content (AvgIpc) is 2.61. The molecule has 0 atom stereocenters. The Morgan fingerprint density at radius 3 is 2.87 bits per heavy atom. The summed E-state index contributed by atoms with van der Waals surface area (Å²) in [5.41, 5.74) is 7.98. The highest BCUT2D eigenvalue weighted by Gasteiger charge is 2.07. The SMILES string of the molecule is CC(C)Cc1ncc2cccc(CN)n12. The Morgan fingerprint density at radius 1 is 1.40 bits per heavy atom. The molecule has 0 saturated carbocycles. The molecule has 2 aromatic rings. The summed E-state index contributed by atoms with van der Waals surface area (Å²) in [6.07, 6.45) is 2.90. The van der Waals surface area contributed by atoms with E-state index in [2.05, 4.69) is 35.4 Å². The molecule has 0 unspecified atom stereocenters. The molecule has 2 aromatic heterocycles. The maximum atomic E-state index is 5.73. The summed E-state index contributed by atoms with van der Waals surface area (Å²) >= 11 is 0. The van der Waals surface area contributed by atoms with Crippen LogP contribution in [0.25, 0.3) is 5.52 Å². The normalized spacial score (nSPS) is 11.5. The summed E-state index contributed by atoms with van der Waals surface area (Å²) in [6.45, 7) is 4.96. The van der Waals surface area contributed by atoms with Crippen LogP contribution >= 0.6 is 0 Å². The second-order valence-corrected chi connectivity index (χ2v) is 4.25. The van der Waals surface area contributed by atoms with Crippen LogP contribution < -0.4 is 5.73 Å². The third-order valence-corrected chi connectivity index (χ3v) is 2.50. The molecule has 0 aliphatic carbocycles. The van der Waals surface area contributed by atoms with Crippen molar-refractivity contribution in [3.63, 3.8) is 0 Å². The maximum absolute atomic E-state index is 5.73. The van der Waals surface area contributed by atoms with Crippen molar-refractivity contribution in [2.24, 2.45) is 11.7 Å². The highest BCUT2D eigenvalue weighted by atomic mass is 15.0. The lowest BCUT2D eigenvalue weighted by Gasteiger charge is -2.08. The zero-order valence-electron chi connectivity index (χ0n) is 9.27. The van der Waals surface area contributed by atoms with Crippen LogP contribution in [0.2, 0.25) is 0 Å². The van der Waals surface area contributed by atoms with Crippen LogP contribution in [0.1, 0.15) is 25.4 Å². The molecule has 0 bridgehead atoms. The van der Waals surface area contributed by atoms with Gasteiger partial charge in [0, 0.05) is 18.7 Å². The molecule has 0 spiro atoms. The zero-order valence-corrected chi connectivity index (χ0v) is 9.27. The first kappa shape index (κ1) is 10.2. The van der Waals surface area contributed by atoms with Gasteiger partial charge in [-0.05, 0) is 18.1 Å². The molecule has 0 aromatic carbocycles. The summed E-state index contributed by atoms with van der Waals surface area (Å²) in [6, 6.07) is 6.15. The number of aromatic nitrogens is 2. The topological polar surface area (TPSA) is 43.3 Å². The molecule has 2 N–H and O–H groups in total. The summed E-state index contributed by atoms with van der Waals surface area (Å²) in [5, 5.41) is 0. The number of imidazole rings is 1. The third kappa shape index (κ3) is 1.88. The van der Waals surface area contributed by atoms with Gasteiger partial charge in [-0.3, -0.25) is 4.40 Å². The molecule has 0 aliphatic heterocycles. The lowest BCUT2D eigenvalue weighted by atomic mass is 10.1. The summed E-state index contributed by atoms with van der Waals surface area (Å²) in [5.74, 6) is 1.72. The number of hydrogen-bond donors (Lipinski definition) is 1. The van der Waals surface area contributed by atoms with E-state index in [4.69, 9.17) is 5.73 Å². The Labute approximate surface area is 89.9 Å². The van der Waals surface area contributed by atoms with Crippen LogP contribution in [0.3, 0.4) is 0 Å². The van der Waals surface area contributed by atoms with Gasteiger partial charge in [-0.25, -0.2) is 4.98 Å². The molecule has 15 heavy (non-hydrogen) atoms. The van der Waals surface area contributed by atoms with E-state index in [9.17, 15) is 0 Å². The van der Waals surface area contributed by atoms with E-state index in [-0.39, 0.29) is 0 Å². The highest BCUT2D eigenvalue weighted by Crippen LogP contribution is 2.13. The van der Waals surface area contributed by atoms with Gasteiger partial charge < -0.3 is 5.73 Å². The molecule has 2 heterocycles. The standard InChI is InChI=1S/C12H17N3/c1-9(2)6-12-14-8-11-5-3-4-10(7-13)15(11)12/h3-5,8-9H,6-7,13H2,1-2H3. The number of rotatable bonds is 3. The third-order valence-electron chi connectivity index (χ3n) is 2.50. The minimum Gasteiger partial charge on any atom is -0.325 e. The lowest BCUT2D eigenvalue weighted by molar-refractivity contribution is 0.615. The van der Waals surface area contributed by atoms with Crippen molar-refractivity contribution in [1.29, 1.82) is 0 Å². The van der Waals surface area contributed by atoms with E-state index in [1.807, 2.05) is 12.3 Å². The van der Waals surface area contributed by atoms with Gasteiger partial charge in [0.15, 0.2) is 0 Å². The van der Waals surface area contributed by atoms with Gasteiger partial charge in [0.2, 0.25) is 0 Å². The van der Waals surface area contributed by atoms with Crippen LogP contribution in [0.15, 0.2) is 24.4 Å². The Kier molecular flexibility index (Phi) is 2.73. The fourth-order valence-corrected chi connectivity index (χ4v) is 1.86. The summed E-state index contributed by atoms with van der Waals surface area (Å²) < 4.78 is 2.17. The molecule has 0 amide bonds. The van der Waals surface area contributed by atoms with Crippen LogP contribution in [-0.2, 0) is 13.0 Å². The first-order valence-electron chi connectivity index (χ1n) is 5.36. The van der Waals surface area contributed by atoms with Gasteiger partial charge in [-0.15, -0.1) is 0 Å². The average molecular weight is 203 g/mol. The van der Waals surface area contributed by atoms with E-state index in [0.717, 1.165) is 23.5 Å². The maximum Gasteiger partial charge on any atom is 0.113 e. The van der Waals surface area contributed by atoms with Crippen molar-refractivity contribution in [2.75, 3.05) is 0 Å². The second kappa shape index (κ2) is 4.03. The quantitative estimate of drug-likeness (QED) is 0.829. The molecule has 3 nitrogen and oxygen atoms in total. The van der Waals surface area contributed by atoms with E-state index < -0.39 is 0 Å². The molecule has 3 heteroatoms. The van der Waals surface area contributed by atoms with Crippen LogP contribution in [0.5, 0.6) is 0 Å². The van der Waals surface area contributed by atoms with Gasteiger partial charge >= 0.3 is 0 Å². The number of nitrogens with zero attached hydrogens (tertiary/aromatic N) is 2. The monoisotopic (exact) mass is 203 g/mol. The summed E-state index contributed by atoms with van der Waals surface area (Å²) in [7, 11) is 0. The molecule has 80 valence electrons. The van der Waals surface area contributed by atoms with Crippen molar-refractivity contribution < 1.29 is 0 Å². The molecule has 0 fully saturated rings. The largest absolute Gasteiger partial charge is 0.325 e. The zero-order chi connectivity index (χ0) is 10.8. The van der Waals surface area contributed by atoms with Crippen LogP contribution in [-0.4, -0.2) is 9.38 Å². The van der Waals surface area contributed by atoms with Crippen molar-refractivity contribution in [2.45, 2.75) is 26.8 Å². The highest BCUT2D eigenvalue weighted by molar-refractivity contribution is 5.47. The van der Waals surface area contributed by atoms with E-state index in [1.54, 1.807) is 0 Å². The number of pyridine rings is 1. The van der Waals surface area contributed by atoms with Crippen LogP contribution in [0, 0.1) is 5.92 Å². The number of nitrogens with two attached hydrogens (primary N) is 1. The Balaban J connectivity index is 2.55. The molecule has 0 aliphatic rings. The molecular weight excluding hydrogens is 186 g/mol. The Morgan fingerprint density at radius 2 is 2.20 bits per heavy atom. The number of fused-ring (bicyclic) bond motifs is 1. The predicted molar refractivity (Wildman–Crippen MR) is 61.6 cm³/mol. The van der Waals surface area contributed by atoms with Crippen molar-refractivity contribution >= 4 is 5.52 Å². The van der Waals surface area contributed by atoms with Gasteiger partial charge in [-0.1, -0.05) is 19.9 Å². The minimum absolute atomic E-state index is 0.554. The second-order valence-electron chi connectivity index (χ2n) is 4.25. The number of hydrogen-bond acceptors (Lipinski definition) is 2. The minimum atomic E-state index is 0.554. The molecule has 2 rings (SSSR count). The van der Waals surface area contributed by atoms with Crippen molar-refractivity contribution in [1.82, 2.24) is 9.38 Å². The summed E-state index contributed by atoms with van der Waals surface area (Å²) in [4.78, 5) is 4.45. The fourth-order valence-electron chi connectivity index (χ4n) is 1.86. The van der Waals surface area contributed by atoms with Crippen molar-refractivity contribution in [3.05, 3.63) is 35.9 Å². The van der Waals surface area contributed by atoms with E-state index in [1.165, 1.54) is 0 Å². The Hall–Kier alpha value is -1.35. The van der Waals surface area contributed by atoms with Gasteiger partial charge in [0.25, 0.3) is 0 Å². The fraction of sp³-hybridized carbons (Fsp3) is 0.417. The van der Waals surface area contributed by atoms with Gasteiger partial charge in [-0.2, -0.15) is 0 Å².